The van der Waals surface area contributed by atoms with Crippen LogP contribution in [0.2, 0.25) is 4.34 Å². The molecule has 1 fully saturated rings. The fourth-order valence-electron chi connectivity index (χ4n) is 2.54. The molecule has 2 atom stereocenters. The first-order valence-electron chi connectivity index (χ1n) is 6.22. The van der Waals surface area contributed by atoms with E-state index in [-0.39, 0.29) is 25.9 Å². The topological polar surface area (TPSA) is 77.5 Å². The second-order valence-electron chi connectivity index (χ2n) is 5.31. The third-order valence-electron chi connectivity index (χ3n) is 3.31. The fourth-order valence-corrected chi connectivity index (χ4v) is 6.08. The Morgan fingerprint density at radius 3 is 2.40 bits per heavy atom. The monoisotopic (exact) mass is 336 g/mol. The number of carbonyl (C=O) groups excluding carboxylic acids is 1. The van der Waals surface area contributed by atoms with Crippen molar-refractivity contribution in [3.8, 4) is 0 Å². The lowest BCUT2D eigenvalue weighted by molar-refractivity contribution is -0.255. The molecular weight excluding hydrogens is 322 g/mol. The second kappa shape index (κ2) is 5.63. The van der Waals surface area contributed by atoms with Gasteiger partial charge in [-0.1, -0.05) is 25.4 Å². The van der Waals surface area contributed by atoms with Gasteiger partial charge in [-0.25, -0.2) is 8.42 Å². The van der Waals surface area contributed by atoms with Gasteiger partial charge in [0.15, 0.2) is 0 Å². The third-order valence-corrected chi connectivity index (χ3v) is 6.95. The number of carboxylic acids is 1. The molecule has 2 heterocycles. The summed E-state index contributed by atoms with van der Waals surface area (Å²) in [6.07, 6.45) is 0.988. The molecule has 0 spiro atoms. The predicted octanol–water partition coefficient (Wildman–Crippen LogP) is 1.43. The molecular formula is C12H15ClNO4S2-. The summed E-state index contributed by atoms with van der Waals surface area (Å²) < 4.78 is 26.4. The molecule has 1 aromatic heterocycles. The van der Waals surface area contributed by atoms with Gasteiger partial charge in [-0.05, 0) is 24.3 Å². The van der Waals surface area contributed by atoms with Crippen LogP contribution in [0.5, 0.6) is 0 Å². The summed E-state index contributed by atoms with van der Waals surface area (Å²) in [5, 5.41) is 10.8. The molecule has 0 unspecified atom stereocenters. The van der Waals surface area contributed by atoms with E-state index in [1.807, 2.05) is 13.8 Å². The van der Waals surface area contributed by atoms with Crippen molar-refractivity contribution in [2.24, 2.45) is 11.8 Å². The maximum atomic E-state index is 12.5. The van der Waals surface area contributed by atoms with Crippen LogP contribution in [0.4, 0.5) is 0 Å². The molecule has 0 amide bonds. The van der Waals surface area contributed by atoms with Crippen molar-refractivity contribution in [2.45, 2.75) is 24.5 Å². The second-order valence-corrected chi connectivity index (χ2v) is 9.13. The fraction of sp³-hybridized carbons (Fsp3) is 0.583. The van der Waals surface area contributed by atoms with Gasteiger partial charge >= 0.3 is 0 Å². The normalized spacial score (nSPS) is 24.8. The average molecular weight is 337 g/mol. The summed E-state index contributed by atoms with van der Waals surface area (Å²) in [5.41, 5.74) is -0.270. The largest absolute Gasteiger partial charge is 0.545 e. The van der Waals surface area contributed by atoms with Gasteiger partial charge in [-0.2, -0.15) is 4.31 Å². The van der Waals surface area contributed by atoms with E-state index < -0.39 is 16.0 Å². The number of hydrogen-bond donors (Lipinski definition) is 0. The quantitative estimate of drug-likeness (QED) is 0.836. The zero-order chi connectivity index (χ0) is 15.1. The smallest absolute Gasteiger partial charge is 0.252 e. The van der Waals surface area contributed by atoms with Gasteiger partial charge < -0.3 is 9.90 Å². The Balaban J connectivity index is 2.35. The highest BCUT2D eigenvalue weighted by atomic mass is 35.5. The van der Waals surface area contributed by atoms with Crippen molar-refractivity contribution in [3.63, 3.8) is 0 Å². The van der Waals surface area contributed by atoms with Gasteiger partial charge in [0.2, 0.25) is 0 Å². The highest BCUT2D eigenvalue weighted by Crippen LogP contribution is 2.34. The van der Waals surface area contributed by atoms with Crippen LogP contribution >= 0.6 is 22.9 Å². The lowest BCUT2D eigenvalue weighted by Crippen LogP contribution is -2.42. The van der Waals surface area contributed by atoms with E-state index in [9.17, 15) is 18.3 Å². The standard InChI is InChI=1S/C12H16ClNO4S2/c1-7-3-8(2)6-14(5-7)20(17,18)10-4-9(12(15)16)11(13)19-10/h4,7-8H,3,5-6H2,1-2H3,(H,15,16)/p-1/t7-,8-/m0/s1. The highest BCUT2D eigenvalue weighted by Gasteiger charge is 2.33. The number of piperidine rings is 1. The Kier molecular flexibility index (Phi) is 4.44. The van der Waals surface area contributed by atoms with Crippen molar-refractivity contribution < 1.29 is 18.3 Å². The van der Waals surface area contributed by atoms with E-state index in [1.54, 1.807) is 0 Å². The zero-order valence-corrected chi connectivity index (χ0v) is 13.5. The summed E-state index contributed by atoms with van der Waals surface area (Å²) >= 11 is 6.52. The molecule has 1 aromatic rings. The molecule has 0 aliphatic carbocycles. The van der Waals surface area contributed by atoms with Crippen molar-refractivity contribution in [1.29, 1.82) is 0 Å². The van der Waals surface area contributed by atoms with Crippen molar-refractivity contribution in [1.82, 2.24) is 4.31 Å². The molecule has 8 heteroatoms. The molecule has 0 bridgehead atoms. The van der Waals surface area contributed by atoms with E-state index in [0.29, 0.717) is 13.1 Å². The van der Waals surface area contributed by atoms with E-state index >= 15 is 0 Å². The summed E-state index contributed by atoms with van der Waals surface area (Å²) in [4.78, 5) is 10.8. The van der Waals surface area contributed by atoms with Gasteiger partial charge in [0.05, 0.1) is 5.97 Å². The number of halogens is 1. The van der Waals surface area contributed by atoms with E-state index in [1.165, 1.54) is 4.31 Å². The van der Waals surface area contributed by atoms with Crippen LogP contribution in [0.1, 0.15) is 30.6 Å². The molecule has 0 aromatic carbocycles. The lowest BCUT2D eigenvalue weighted by atomic mass is 9.94. The van der Waals surface area contributed by atoms with E-state index in [0.717, 1.165) is 23.8 Å². The van der Waals surface area contributed by atoms with E-state index in [2.05, 4.69) is 0 Å². The highest BCUT2D eigenvalue weighted by molar-refractivity contribution is 7.91. The number of thiophene rings is 1. The van der Waals surface area contributed by atoms with Gasteiger partial charge in [0, 0.05) is 18.7 Å². The first kappa shape index (κ1) is 15.8. The van der Waals surface area contributed by atoms with Crippen LogP contribution in [0, 0.1) is 11.8 Å². The number of rotatable bonds is 3. The summed E-state index contributed by atoms with van der Waals surface area (Å²) in [6, 6.07) is 1.08. The van der Waals surface area contributed by atoms with Gasteiger partial charge in [0.1, 0.15) is 8.55 Å². The Bertz CT molecular complexity index is 615. The Morgan fingerprint density at radius 2 is 1.95 bits per heavy atom. The van der Waals surface area contributed by atoms with E-state index in [4.69, 9.17) is 11.6 Å². The number of carbonyl (C=O) groups is 1. The minimum absolute atomic E-state index is 0.0389. The minimum Gasteiger partial charge on any atom is -0.545 e. The predicted molar refractivity (Wildman–Crippen MR) is 75.4 cm³/mol. The van der Waals surface area contributed by atoms with Crippen LogP contribution in [0.3, 0.4) is 0 Å². The maximum absolute atomic E-state index is 12.5. The number of hydrogen-bond acceptors (Lipinski definition) is 5. The number of nitrogens with zero attached hydrogens (tertiary/aromatic N) is 1. The summed E-state index contributed by atoms with van der Waals surface area (Å²) in [6.45, 7) is 4.91. The molecule has 0 N–H and O–H groups in total. The molecule has 5 nitrogen and oxygen atoms in total. The van der Waals surface area contributed by atoms with Crippen LogP contribution in [-0.4, -0.2) is 31.8 Å². The zero-order valence-electron chi connectivity index (χ0n) is 11.1. The van der Waals surface area contributed by atoms with Crippen LogP contribution in [0.25, 0.3) is 0 Å². The maximum Gasteiger partial charge on any atom is 0.252 e. The first-order chi connectivity index (χ1) is 9.21. The first-order valence-corrected chi connectivity index (χ1v) is 8.86. The van der Waals surface area contributed by atoms with Gasteiger partial charge in [0.25, 0.3) is 10.0 Å². The van der Waals surface area contributed by atoms with Crippen molar-refractivity contribution >= 4 is 38.9 Å². The summed E-state index contributed by atoms with van der Waals surface area (Å²) in [7, 11) is -3.69. The SMILES string of the molecule is C[C@H]1C[C@H](C)CN(S(=O)(=O)c2cc(C(=O)[O-])c(Cl)s2)C1. The Labute approximate surface area is 127 Å². The molecule has 2 rings (SSSR count). The van der Waals surface area contributed by atoms with Crippen molar-refractivity contribution in [3.05, 3.63) is 16.0 Å². The molecule has 0 saturated carbocycles. The lowest BCUT2D eigenvalue weighted by Gasteiger charge is -2.33. The molecule has 1 aliphatic rings. The molecule has 0 radical (unpaired) electrons. The number of carboxylic acid groups (broad SMARTS) is 1. The van der Waals surface area contributed by atoms with Crippen LogP contribution in [-0.2, 0) is 10.0 Å². The summed E-state index contributed by atoms with van der Waals surface area (Å²) in [5.74, 6) is -0.901. The number of aromatic carboxylic acids is 1. The number of sulfonamides is 1. The van der Waals surface area contributed by atoms with Gasteiger partial charge in [-0.15, -0.1) is 11.3 Å². The minimum atomic E-state index is -3.69. The van der Waals surface area contributed by atoms with Gasteiger partial charge in [-0.3, -0.25) is 0 Å². The Morgan fingerprint density at radius 1 is 1.40 bits per heavy atom. The molecule has 112 valence electrons. The molecule has 20 heavy (non-hydrogen) atoms. The average Bonchev–Trinajstić information content (AvgIpc) is 2.70. The Hall–Kier alpha value is -0.630. The van der Waals surface area contributed by atoms with Crippen LogP contribution in [0.15, 0.2) is 10.3 Å². The molecule has 1 saturated heterocycles. The van der Waals surface area contributed by atoms with Crippen LogP contribution < -0.4 is 5.11 Å². The third kappa shape index (κ3) is 3.00. The van der Waals surface area contributed by atoms with Crippen molar-refractivity contribution in [2.75, 3.05) is 13.1 Å². The molecule has 1 aliphatic heterocycles.